The monoisotopic (exact) mass is 310 g/mol. The topological polar surface area (TPSA) is 55.6 Å². The van der Waals surface area contributed by atoms with E-state index in [0.29, 0.717) is 10.8 Å². The molecule has 1 atom stereocenters. The van der Waals surface area contributed by atoms with E-state index in [0.717, 1.165) is 31.5 Å². The Hall–Kier alpha value is -1.26. The van der Waals surface area contributed by atoms with Crippen LogP contribution in [0.25, 0.3) is 0 Å². The molecule has 2 N–H and O–H groups in total. The van der Waals surface area contributed by atoms with Gasteiger partial charge in [0.15, 0.2) is 6.61 Å². The highest BCUT2D eigenvalue weighted by molar-refractivity contribution is 6.32. The average Bonchev–Trinajstić information content (AvgIpc) is 2.74. The number of hydrogen-bond acceptors (Lipinski definition) is 3. The molecule has 1 aromatic carbocycles. The van der Waals surface area contributed by atoms with E-state index in [2.05, 4.69) is 0 Å². The highest BCUT2D eigenvalue weighted by Crippen LogP contribution is 2.27. The van der Waals surface area contributed by atoms with Crippen molar-refractivity contribution in [2.45, 2.75) is 38.6 Å². The van der Waals surface area contributed by atoms with Crippen LogP contribution in [0.3, 0.4) is 0 Å². The first-order chi connectivity index (χ1) is 10.1. The van der Waals surface area contributed by atoms with E-state index in [1.54, 1.807) is 12.1 Å². The molecule has 0 radical (unpaired) electrons. The zero-order chi connectivity index (χ0) is 15.2. The summed E-state index contributed by atoms with van der Waals surface area (Å²) in [4.78, 5) is 14.0. The summed E-state index contributed by atoms with van der Waals surface area (Å²) in [6.45, 7) is 3.60. The Morgan fingerprint density at radius 2 is 2.00 bits per heavy atom. The van der Waals surface area contributed by atoms with E-state index in [4.69, 9.17) is 22.1 Å². The predicted molar refractivity (Wildman–Crippen MR) is 84.6 cm³/mol. The molecule has 2 rings (SSSR count). The summed E-state index contributed by atoms with van der Waals surface area (Å²) in [5, 5.41) is 0.494. The number of amides is 1. The van der Waals surface area contributed by atoms with Gasteiger partial charge in [0, 0.05) is 19.1 Å². The molecular formula is C16H23ClN2O2. The number of nitrogens with zero attached hydrogens (tertiary/aromatic N) is 1. The molecule has 4 nitrogen and oxygen atoms in total. The van der Waals surface area contributed by atoms with Gasteiger partial charge in [0.2, 0.25) is 0 Å². The molecule has 1 heterocycles. The Balaban J connectivity index is 1.91. The minimum absolute atomic E-state index is 0.0317. The highest BCUT2D eigenvalue weighted by atomic mass is 35.5. The summed E-state index contributed by atoms with van der Waals surface area (Å²) in [5.41, 5.74) is 6.76. The van der Waals surface area contributed by atoms with Crippen LogP contribution >= 0.6 is 11.6 Å². The lowest BCUT2D eigenvalue weighted by Crippen LogP contribution is -2.35. The fourth-order valence-electron chi connectivity index (χ4n) is 2.47. The molecule has 1 saturated heterocycles. The highest BCUT2D eigenvalue weighted by Gasteiger charge is 2.16. The zero-order valence-corrected chi connectivity index (χ0v) is 13.2. The molecule has 21 heavy (non-hydrogen) atoms. The molecule has 0 aliphatic carbocycles. The smallest absolute Gasteiger partial charge is 0.260 e. The van der Waals surface area contributed by atoms with E-state index in [-0.39, 0.29) is 18.6 Å². The average molecular weight is 311 g/mol. The fourth-order valence-corrected chi connectivity index (χ4v) is 2.71. The van der Waals surface area contributed by atoms with Gasteiger partial charge in [-0.2, -0.15) is 0 Å². The molecule has 1 amide bonds. The maximum absolute atomic E-state index is 12.1. The maximum atomic E-state index is 12.1. The number of carbonyl (C=O) groups is 1. The lowest BCUT2D eigenvalue weighted by atomic mass is 10.1. The van der Waals surface area contributed by atoms with Crippen molar-refractivity contribution < 1.29 is 9.53 Å². The molecule has 0 bridgehead atoms. The second-order valence-electron chi connectivity index (χ2n) is 5.56. The van der Waals surface area contributed by atoms with Crippen molar-refractivity contribution in [3.8, 4) is 5.75 Å². The molecule has 1 aromatic rings. The molecular weight excluding hydrogens is 288 g/mol. The SMILES string of the molecule is C[C@@H](N)c1ccc(OCC(=O)N2CCCCCC2)c(Cl)c1. The van der Waals surface area contributed by atoms with Crippen molar-refractivity contribution >= 4 is 17.5 Å². The van der Waals surface area contributed by atoms with Crippen molar-refractivity contribution in [2.75, 3.05) is 19.7 Å². The third-order valence-electron chi connectivity index (χ3n) is 3.79. The number of nitrogens with two attached hydrogens (primary N) is 1. The molecule has 0 unspecified atom stereocenters. The first-order valence-electron chi connectivity index (χ1n) is 7.53. The van der Waals surface area contributed by atoms with E-state index in [9.17, 15) is 4.79 Å². The fraction of sp³-hybridized carbons (Fsp3) is 0.562. The molecule has 116 valence electrons. The van der Waals surface area contributed by atoms with Crippen LogP contribution in [-0.2, 0) is 4.79 Å². The van der Waals surface area contributed by atoms with Gasteiger partial charge in [-0.1, -0.05) is 30.5 Å². The molecule has 1 fully saturated rings. The normalized spacial score (nSPS) is 17.2. The van der Waals surface area contributed by atoms with E-state index in [1.807, 2.05) is 17.9 Å². The second-order valence-corrected chi connectivity index (χ2v) is 5.97. The number of halogens is 1. The number of rotatable bonds is 4. The van der Waals surface area contributed by atoms with Crippen LogP contribution in [0.1, 0.15) is 44.2 Å². The number of hydrogen-bond donors (Lipinski definition) is 1. The van der Waals surface area contributed by atoms with Gasteiger partial charge in [-0.3, -0.25) is 4.79 Å². The Labute approximate surface area is 131 Å². The molecule has 0 aromatic heterocycles. The largest absolute Gasteiger partial charge is 0.482 e. The third-order valence-corrected chi connectivity index (χ3v) is 4.09. The third kappa shape index (κ3) is 4.61. The van der Waals surface area contributed by atoms with Gasteiger partial charge in [0.25, 0.3) is 5.91 Å². The molecule has 0 spiro atoms. The van der Waals surface area contributed by atoms with E-state index >= 15 is 0 Å². The van der Waals surface area contributed by atoms with Gasteiger partial charge in [-0.05, 0) is 37.5 Å². The predicted octanol–water partition coefficient (Wildman–Crippen LogP) is 3.14. The van der Waals surface area contributed by atoms with Gasteiger partial charge in [-0.15, -0.1) is 0 Å². The Bertz CT molecular complexity index is 483. The summed E-state index contributed by atoms with van der Waals surface area (Å²) >= 11 is 6.16. The van der Waals surface area contributed by atoms with E-state index < -0.39 is 0 Å². The molecule has 0 saturated carbocycles. The van der Waals surface area contributed by atoms with Crippen molar-refractivity contribution in [1.29, 1.82) is 0 Å². The van der Waals surface area contributed by atoms with Gasteiger partial charge < -0.3 is 15.4 Å². The first-order valence-corrected chi connectivity index (χ1v) is 7.91. The van der Waals surface area contributed by atoms with Crippen LogP contribution in [-0.4, -0.2) is 30.5 Å². The second kappa shape index (κ2) is 7.66. The minimum atomic E-state index is -0.0738. The number of carbonyl (C=O) groups excluding carboxylic acids is 1. The lowest BCUT2D eigenvalue weighted by molar-refractivity contribution is -0.133. The summed E-state index contributed by atoms with van der Waals surface area (Å²) in [7, 11) is 0. The Morgan fingerprint density at radius 3 is 2.57 bits per heavy atom. The van der Waals surface area contributed by atoms with Gasteiger partial charge in [-0.25, -0.2) is 0 Å². The number of likely N-dealkylation sites (tertiary alicyclic amines) is 1. The summed E-state index contributed by atoms with van der Waals surface area (Å²) in [6.07, 6.45) is 4.57. The maximum Gasteiger partial charge on any atom is 0.260 e. The number of ether oxygens (including phenoxy) is 1. The summed E-state index contributed by atoms with van der Waals surface area (Å²) < 4.78 is 5.56. The van der Waals surface area contributed by atoms with Crippen LogP contribution in [0.2, 0.25) is 5.02 Å². The minimum Gasteiger partial charge on any atom is -0.482 e. The Morgan fingerprint density at radius 1 is 1.33 bits per heavy atom. The van der Waals surface area contributed by atoms with Crippen LogP contribution in [0.5, 0.6) is 5.75 Å². The Kier molecular flexibility index (Phi) is 5.88. The molecule has 1 aliphatic heterocycles. The summed E-state index contributed by atoms with van der Waals surface area (Å²) in [5.74, 6) is 0.563. The van der Waals surface area contributed by atoms with E-state index in [1.165, 1.54) is 12.8 Å². The molecule has 1 aliphatic rings. The first kappa shape index (κ1) is 16.1. The molecule has 5 heteroatoms. The lowest BCUT2D eigenvalue weighted by Gasteiger charge is -2.20. The van der Waals surface area contributed by atoms with Crippen molar-refractivity contribution in [1.82, 2.24) is 4.90 Å². The van der Waals surface area contributed by atoms with Crippen LogP contribution < -0.4 is 10.5 Å². The van der Waals surface area contributed by atoms with Gasteiger partial charge in [0.1, 0.15) is 5.75 Å². The quantitative estimate of drug-likeness (QED) is 0.929. The van der Waals surface area contributed by atoms with Crippen LogP contribution in [0, 0.1) is 0 Å². The van der Waals surface area contributed by atoms with Crippen molar-refractivity contribution in [3.05, 3.63) is 28.8 Å². The zero-order valence-electron chi connectivity index (χ0n) is 12.5. The number of benzene rings is 1. The van der Waals surface area contributed by atoms with Crippen LogP contribution in [0.4, 0.5) is 0 Å². The summed E-state index contributed by atoms with van der Waals surface area (Å²) in [6, 6.07) is 5.37. The van der Waals surface area contributed by atoms with Gasteiger partial charge in [0.05, 0.1) is 5.02 Å². The standard InChI is InChI=1S/C16H23ClN2O2/c1-12(18)13-6-7-15(14(17)10-13)21-11-16(20)19-8-4-2-3-5-9-19/h6-7,10,12H,2-5,8-9,11,18H2,1H3/t12-/m1/s1. The van der Waals surface area contributed by atoms with Gasteiger partial charge >= 0.3 is 0 Å². The van der Waals surface area contributed by atoms with Crippen LogP contribution in [0.15, 0.2) is 18.2 Å². The van der Waals surface area contributed by atoms with Crippen molar-refractivity contribution in [3.63, 3.8) is 0 Å². The van der Waals surface area contributed by atoms with Crippen molar-refractivity contribution in [2.24, 2.45) is 5.73 Å².